The van der Waals surface area contributed by atoms with Gasteiger partial charge in [-0.1, -0.05) is 0 Å². The lowest BCUT2D eigenvalue weighted by Crippen LogP contribution is -2.09. The highest BCUT2D eigenvalue weighted by Gasteiger charge is 2.04. The topological polar surface area (TPSA) is 188 Å². The molecule has 0 aliphatic rings. The van der Waals surface area contributed by atoms with Crippen LogP contribution in [0, 0.1) is 0 Å². The molecule has 0 atom stereocenters. The van der Waals surface area contributed by atoms with E-state index in [4.69, 9.17) is 19.8 Å². The van der Waals surface area contributed by atoms with Gasteiger partial charge >= 0.3 is 17.9 Å². The molecule has 0 saturated heterocycles. The van der Waals surface area contributed by atoms with Gasteiger partial charge in [0.05, 0.1) is 6.61 Å². The molecule has 0 bridgehead atoms. The lowest BCUT2D eigenvalue weighted by Gasteiger charge is -1.96. The van der Waals surface area contributed by atoms with Crippen LogP contribution < -0.4 is 12.3 Å². The average Bonchev–Trinajstić information content (AvgIpc) is 2.03. The molecule has 0 radical (unpaired) electrons. The van der Waals surface area contributed by atoms with Crippen LogP contribution in [0.5, 0.6) is 0 Å². The van der Waals surface area contributed by atoms with Gasteiger partial charge < -0.3 is 27.3 Å². The smallest absolute Gasteiger partial charge is 0.414 e. The number of esters is 1. The van der Waals surface area contributed by atoms with Crippen LogP contribution in [0.15, 0.2) is 0 Å². The van der Waals surface area contributed by atoms with Crippen LogP contribution in [0.25, 0.3) is 0 Å². The molecule has 0 rings (SSSR count). The summed E-state index contributed by atoms with van der Waals surface area (Å²) in [4.78, 5) is 38.8. The van der Waals surface area contributed by atoms with E-state index in [1.54, 1.807) is 6.92 Å². The fourth-order valence-electron chi connectivity index (χ4n) is 0.415. The van der Waals surface area contributed by atoms with Crippen molar-refractivity contribution >= 4 is 23.7 Å². The van der Waals surface area contributed by atoms with Gasteiger partial charge in [-0.2, -0.15) is 0 Å². The van der Waals surface area contributed by atoms with Crippen molar-refractivity contribution in [1.29, 1.82) is 0 Å². The standard InChI is InChI=1S/C6H10O3.C2H2O4.2H3N/c1-3-9-6(8)4-5(2)7;3-1(4)2(5)6;;/h3-4H2,1-2H3;(H,3,4)(H,5,6);2*1H3. The predicted octanol–water partition coefficient (Wildman–Crippen LogP) is 0.00820. The van der Waals surface area contributed by atoms with Crippen molar-refractivity contribution in [2.45, 2.75) is 20.3 Å². The van der Waals surface area contributed by atoms with E-state index in [0.29, 0.717) is 6.61 Å². The number of ketones is 1. The minimum Gasteiger partial charge on any atom is -0.473 e. The van der Waals surface area contributed by atoms with Gasteiger partial charge in [-0.25, -0.2) is 9.59 Å². The minimum absolute atomic E-state index is 0. The first-order valence-electron chi connectivity index (χ1n) is 3.92. The summed E-state index contributed by atoms with van der Waals surface area (Å²) in [6, 6.07) is 0. The van der Waals surface area contributed by atoms with E-state index in [9.17, 15) is 9.59 Å². The van der Waals surface area contributed by atoms with Crippen molar-refractivity contribution in [3.8, 4) is 0 Å². The van der Waals surface area contributed by atoms with Gasteiger partial charge in [0, 0.05) is 0 Å². The Labute approximate surface area is 97.9 Å². The molecule has 0 aromatic carbocycles. The second-order valence-electron chi connectivity index (χ2n) is 2.29. The lowest BCUT2D eigenvalue weighted by molar-refractivity contribution is -0.159. The van der Waals surface area contributed by atoms with Crippen molar-refractivity contribution in [1.82, 2.24) is 12.3 Å². The van der Waals surface area contributed by atoms with Gasteiger partial charge in [-0.05, 0) is 13.8 Å². The van der Waals surface area contributed by atoms with Crippen molar-refractivity contribution in [3.63, 3.8) is 0 Å². The third kappa shape index (κ3) is 24.9. The zero-order chi connectivity index (χ0) is 12.4. The number of carbonyl (C=O) groups excluding carboxylic acids is 2. The highest BCUT2D eigenvalue weighted by molar-refractivity contribution is 6.27. The summed E-state index contributed by atoms with van der Waals surface area (Å²) in [6.07, 6.45) is -0.103. The second-order valence-corrected chi connectivity index (χ2v) is 2.29. The number of rotatable bonds is 3. The Morgan fingerprint density at radius 1 is 1.00 bits per heavy atom. The van der Waals surface area contributed by atoms with Crippen LogP contribution in [0.1, 0.15) is 20.3 Å². The fraction of sp³-hybridized carbons (Fsp3) is 0.500. The maximum absolute atomic E-state index is 10.4. The molecule has 0 aliphatic heterocycles. The zero-order valence-corrected chi connectivity index (χ0v) is 9.76. The largest absolute Gasteiger partial charge is 0.473 e. The van der Waals surface area contributed by atoms with Gasteiger partial charge in [0.25, 0.3) is 0 Å². The van der Waals surface area contributed by atoms with Crippen LogP contribution >= 0.6 is 0 Å². The first kappa shape index (κ1) is 24.3. The molecule has 0 fully saturated rings. The number of Topliss-reactive ketones (excluding diaryl/α,β-unsaturated/α-hetero) is 1. The molecule has 0 amide bonds. The maximum atomic E-state index is 10.4. The third-order valence-electron chi connectivity index (χ3n) is 0.882. The zero-order valence-electron chi connectivity index (χ0n) is 9.76. The first-order valence-corrected chi connectivity index (χ1v) is 3.92. The summed E-state index contributed by atoms with van der Waals surface area (Å²) in [5.41, 5.74) is 0. The van der Waals surface area contributed by atoms with Gasteiger partial charge in [0.2, 0.25) is 0 Å². The number of carboxylic acid groups (broad SMARTS) is 2. The molecule has 0 aliphatic carbocycles. The number of ether oxygens (including phenoxy) is 1. The summed E-state index contributed by atoms with van der Waals surface area (Å²) >= 11 is 0. The Morgan fingerprint density at radius 2 is 1.35 bits per heavy atom. The van der Waals surface area contributed by atoms with Crippen LogP contribution in [-0.4, -0.2) is 40.5 Å². The molecule has 0 aromatic rings. The van der Waals surface area contributed by atoms with Gasteiger partial charge in [0.1, 0.15) is 12.2 Å². The predicted molar refractivity (Wildman–Crippen MR) is 57.2 cm³/mol. The summed E-state index contributed by atoms with van der Waals surface area (Å²) in [5, 5.41) is 14.8. The molecule has 9 heteroatoms. The van der Waals surface area contributed by atoms with Crippen molar-refractivity contribution in [2.24, 2.45) is 0 Å². The molecule has 0 heterocycles. The Kier molecular flexibility index (Phi) is 20.0. The summed E-state index contributed by atoms with van der Waals surface area (Å²) in [7, 11) is 0. The highest BCUT2D eigenvalue weighted by Crippen LogP contribution is 1.86. The van der Waals surface area contributed by atoms with Crippen molar-refractivity contribution < 1.29 is 34.1 Å². The SMILES string of the molecule is CCOC(=O)CC(C)=O.N.N.O=C(O)C(=O)O. The van der Waals surface area contributed by atoms with Gasteiger partial charge in [-0.15, -0.1) is 0 Å². The Balaban J connectivity index is -0.0000000945. The van der Waals surface area contributed by atoms with E-state index in [1.165, 1.54) is 6.92 Å². The molecule has 0 unspecified atom stereocenters. The van der Waals surface area contributed by atoms with E-state index < -0.39 is 17.9 Å². The average molecular weight is 254 g/mol. The van der Waals surface area contributed by atoms with E-state index in [0.717, 1.165) is 0 Å². The van der Waals surface area contributed by atoms with E-state index >= 15 is 0 Å². The molecule has 0 aromatic heterocycles. The molecule has 9 nitrogen and oxygen atoms in total. The normalized spacial score (nSPS) is 7.18. The number of hydrogen-bond acceptors (Lipinski definition) is 7. The van der Waals surface area contributed by atoms with E-state index in [1.807, 2.05) is 0 Å². The van der Waals surface area contributed by atoms with Crippen molar-refractivity contribution in [3.05, 3.63) is 0 Å². The van der Waals surface area contributed by atoms with Crippen LogP contribution in [0.3, 0.4) is 0 Å². The van der Waals surface area contributed by atoms with E-state index in [2.05, 4.69) is 4.74 Å². The van der Waals surface area contributed by atoms with E-state index in [-0.39, 0.29) is 24.5 Å². The quantitative estimate of drug-likeness (QED) is 0.305. The Hall–Kier alpha value is -2.00. The fourth-order valence-corrected chi connectivity index (χ4v) is 0.415. The Morgan fingerprint density at radius 3 is 1.53 bits per heavy atom. The van der Waals surface area contributed by atoms with Crippen LogP contribution in [-0.2, 0) is 23.9 Å². The highest BCUT2D eigenvalue weighted by atomic mass is 16.5. The third-order valence-corrected chi connectivity index (χ3v) is 0.882. The first-order chi connectivity index (χ1) is 6.81. The molecule has 0 spiro atoms. The number of carboxylic acids is 2. The molecule has 0 saturated carbocycles. The molecular weight excluding hydrogens is 236 g/mol. The van der Waals surface area contributed by atoms with Gasteiger partial charge in [-0.3, -0.25) is 9.59 Å². The molecule has 102 valence electrons. The van der Waals surface area contributed by atoms with Crippen LogP contribution in [0.2, 0.25) is 0 Å². The maximum Gasteiger partial charge on any atom is 0.414 e. The minimum atomic E-state index is -1.82. The number of carbonyl (C=O) groups is 4. The number of aliphatic carboxylic acids is 2. The molecule has 17 heavy (non-hydrogen) atoms. The number of hydrogen-bond donors (Lipinski definition) is 4. The van der Waals surface area contributed by atoms with Gasteiger partial charge in [0.15, 0.2) is 0 Å². The summed E-state index contributed by atoms with van der Waals surface area (Å²) < 4.78 is 4.49. The summed E-state index contributed by atoms with van der Waals surface area (Å²) in [5.74, 6) is -4.25. The van der Waals surface area contributed by atoms with Crippen LogP contribution in [0.4, 0.5) is 0 Å². The lowest BCUT2D eigenvalue weighted by atomic mass is 10.3. The summed E-state index contributed by atoms with van der Waals surface area (Å²) in [6.45, 7) is 3.40. The van der Waals surface area contributed by atoms with Crippen molar-refractivity contribution in [2.75, 3.05) is 6.61 Å². The Bertz CT molecular complexity index is 253. The second kappa shape index (κ2) is 14.0. The molecule has 8 N–H and O–H groups in total. The monoisotopic (exact) mass is 254 g/mol. The molecular formula is C8H18N2O7.